The van der Waals surface area contributed by atoms with Crippen LogP contribution in [0.4, 0.5) is 0 Å². The van der Waals surface area contributed by atoms with E-state index >= 15 is 0 Å². The summed E-state index contributed by atoms with van der Waals surface area (Å²) in [7, 11) is 2.29. The second kappa shape index (κ2) is 7.42. The molecule has 0 spiro atoms. The molecule has 0 bridgehead atoms. The first-order chi connectivity index (χ1) is 10.0. The number of hydrogen-bond donors (Lipinski definition) is 1. The van der Waals surface area contributed by atoms with Crippen LogP contribution in [0.3, 0.4) is 0 Å². The second-order valence-electron chi connectivity index (χ2n) is 6.83. The van der Waals surface area contributed by atoms with Crippen LogP contribution in [0.5, 0.6) is 0 Å². The number of benzene rings is 1. The zero-order valence-corrected chi connectivity index (χ0v) is 14.4. The molecule has 1 aromatic rings. The van der Waals surface area contributed by atoms with Crippen LogP contribution in [0, 0.1) is 12.8 Å². The van der Waals surface area contributed by atoms with Gasteiger partial charge in [0.25, 0.3) is 0 Å². The maximum absolute atomic E-state index is 3.76. The first kappa shape index (κ1) is 16.5. The summed E-state index contributed by atoms with van der Waals surface area (Å²) in [5.74, 6) is 0.919. The average molecular weight is 288 g/mol. The summed E-state index contributed by atoms with van der Waals surface area (Å²) in [6.45, 7) is 10.2. The van der Waals surface area contributed by atoms with Crippen LogP contribution in [-0.4, -0.2) is 30.6 Å². The van der Waals surface area contributed by atoms with Crippen molar-refractivity contribution in [3.8, 4) is 0 Å². The largest absolute Gasteiger partial charge is 0.309 e. The maximum Gasteiger partial charge on any atom is 0.0475 e. The lowest BCUT2D eigenvalue weighted by molar-refractivity contribution is 0.144. The van der Waals surface area contributed by atoms with Gasteiger partial charge in [-0.05, 0) is 65.1 Å². The first-order valence-electron chi connectivity index (χ1n) is 8.56. The molecule has 0 radical (unpaired) electrons. The molecular formula is C19H32N2. The Morgan fingerprint density at radius 2 is 1.81 bits per heavy atom. The predicted octanol–water partition coefficient (Wildman–Crippen LogP) is 4.15. The summed E-state index contributed by atoms with van der Waals surface area (Å²) in [5.41, 5.74) is 2.75. The highest BCUT2D eigenvalue weighted by atomic mass is 15.2. The van der Waals surface area contributed by atoms with Crippen molar-refractivity contribution in [3.05, 3.63) is 35.4 Å². The van der Waals surface area contributed by atoms with Crippen molar-refractivity contribution in [1.82, 2.24) is 10.2 Å². The third-order valence-electron chi connectivity index (χ3n) is 5.12. The van der Waals surface area contributed by atoms with E-state index in [2.05, 4.69) is 69.2 Å². The van der Waals surface area contributed by atoms with Crippen molar-refractivity contribution in [3.63, 3.8) is 0 Å². The van der Waals surface area contributed by atoms with E-state index in [9.17, 15) is 0 Å². The zero-order valence-electron chi connectivity index (χ0n) is 14.4. The summed E-state index contributed by atoms with van der Waals surface area (Å²) in [6, 6.07) is 10.6. The molecule has 3 unspecified atom stereocenters. The zero-order chi connectivity index (χ0) is 15.4. The van der Waals surface area contributed by atoms with Crippen molar-refractivity contribution in [2.75, 3.05) is 13.6 Å². The Labute approximate surface area is 130 Å². The standard InChI is InChI=1S/C19H32N2/c1-6-13-20-19(18-9-7-14(2)8-10-18)16(4)21(5)15(3)17-11-12-17/h7-10,15-17,19-20H,6,11-13H2,1-5H3. The normalized spacial score (nSPS) is 19.5. The van der Waals surface area contributed by atoms with E-state index in [-0.39, 0.29) is 0 Å². The third kappa shape index (κ3) is 4.31. The van der Waals surface area contributed by atoms with Crippen molar-refractivity contribution < 1.29 is 0 Å². The number of aryl methyl sites for hydroxylation is 1. The van der Waals surface area contributed by atoms with E-state index in [1.54, 1.807) is 0 Å². The minimum atomic E-state index is 0.414. The van der Waals surface area contributed by atoms with Gasteiger partial charge in [-0.2, -0.15) is 0 Å². The van der Waals surface area contributed by atoms with Crippen LogP contribution >= 0.6 is 0 Å². The van der Waals surface area contributed by atoms with Crippen LogP contribution in [-0.2, 0) is 0 Å². The molecular weight excluding hydrogens is 256 g/mol. The molecule has 2 rings (SSSR count). The number of hydrogen-bond acceptors (Lipinski definition) is 2. The minimum Gasteiger partial charge on any atom is -0.309 e. The Kier molecular flexibility index (Phi) is 5.83. The van der Waals surface area contributed by atoms with E-state index in [4.69, 9.17) is 0 Å². The number of nitrogens with zero attached hydrogens (tertiary/aromatic N) is 1. The van der Waals surface area contributed by atoms with Gasteiger partial charge in [-0.15, -0.1) is 0 Å². The number of rotatable bonds is 8. The molecule has 21 heavy (non-hydrogen) atoms. The van der Waals surface area contributed by atoms with Crippen LogP contribution in [0.2, 0.25) is 0 Å². The molecule has 1 N–H and O–H groups in total. The molecule has 0 heterocycles. The summed E-state index contributed by atoms with van der Waals surface area (Å²) >= 11 is 0. The SMILES string of the molecule is CCCNC(c1ccc(C)cc1)C(C)N(C)C(C)C1CC1. The third-order valence-corrected chi connectivity index (χ3v) is 5.12. The summed E-state index contributed by atoms with van der Waals surface area (Å²) < 4.78 is 0. The molecule has 0 amide bonds. The lowest BCUT2D eigenvalue weighted by Crippen LogP contribution is -2.45. The molecule has 0 aromatic heterocycles. The van der Waals surface area contributed by atoms with Gasteiger partial charge in [-0.1, -0.05) is 36.8 Å². The van der Waals surface area contributed by atoms with Gasteiger partial charge in [-0.25, -0.2) is 0 Å². The van der Waals surface area contributed by atoms with Crippen molar-refractivity contribution in [2.24, 2.45) is 5.92 Å². The molecule has 3 atom stereocenters. The number of nitrogens with one attached hydrogen (secondary N) is 1. The van der Waals surface area contributed by atoms with E-state index in [1.165, 1.54) is 30.4 Å². The highest BCUT2D eigenvalue weighted by Gasteiger charge is 2.34. The van der Waals surface area contributed by atoms with E-state index in [0.717, 1.165) is 12.5 Å². The highest BCUT2D eigenvalue weighted by Crippen LogP contribution is 2.36. The Bertz CT molecular complexity index is 422. The lowest BCUT2D eigenvalue weighted by atomic mass is 9.96. The van der Waals surface area contributed by atoms with E-state index in [0.29, 0.717) is 18.1 Å². The van der Waals surface area contributed by atoms with Crippen molar-refractivity contribution in [2.45, 2.75) is 65.1 Å². The van der Waals surface area contributed by atoms with Gasteiger partial charge in [0.2, 0.25) is 0 Å². The smallest absolute Gasteiger partial charge is 0.0475 e. The fraction of sp³-hybridized carbons (Fsp3) is 0.684. The van der Waals surface area contributed by atoms with Crippen molar-refractivity contribution in [1.29, 1.82) is 0 Å². The summed E-state index contributed by atoms with van der Waals surface area (Å²) in [5, 5.41) is 3.76. The fourth-order valence-electron chi connectivity index (χ4n) is 3.16. The molecule has 1 aliphatic rings. The van der Waals surface area contributed by atoms with Crippen molar-refractivity contribution >= 4 is 0 Å². The molecule has 1 saturated carbocycles. The lowest BCUT2D eigenvalue weighted by Gasteiger charge is -2.37. The van der Waals surface area contributed by atoms with Gasteiger partial charge in [-0.3, -0.25) is 4.90 Å². The Balaban J connectivity index is 2.11. The fourth-order valence-corrected chi connectivity index (χ4v) is 3.16. The molecule has 2 nitrogen and oxygen atoms in total. The predicted molar refractivity (Wildman–Crippen MR) is 91.6 cm³/mol. The summed E-state index contributed by atoms with van der Waals surface area (Å²) in [6.07, 6.45) is 4.00. The highest BCUT2D eigenvalue weighted by molar-refractivity contribution is 5.25. The molecule has 0 saturated heterocycles. The first-order valence-corrected chi connectivity index (χ1v) is 8.56. The maximum atomic E-state index is 3.76. The summed E-state index contributed by atoms with van der Waals surface area (Å²) in [4.78, 5) is 2.57. The molecule has 118 valence electrons. The van der Waals surface area contributed by atoms with Gasteiger partial charge in [0.15, 0.2) is 0 Å². The van der Waals surface area contributed by atoms with Crippen LogP contribution in [0.15, 0.2) is 24.3 Å². The topological polar surface area (TPSA) is 15.3 Å². The average Bonchev–Trinajstić information content (AvgIpc) is 3.32. The Hall–Kier alpha value is -0.860. The van der Waals surface area contributed by atoms with Gasteiger partial charge in [0.05, 0.1) is 0 Å². The van der Waals surface area contributed by atoms with Gasteiger partial charge in [0.1, 0.15) is 0 Å². The Morgan fingerprint density at radius 1 is 1.19 bits per heavy atom. The van der Waals surface area contributed by atoms with Crippen LogP contribution < -0.4 is 5.32 Å². The van der Waals surface area contributed by atoms with Crippen LogP contribution in [0.1, 0.15) is 57.2 Å². The van der Waals surface area contributed by atoms with E-state index in [1.807, 2.05) is 0 Å². The van der Waals surface area contributed by atoms with Gasteiger partial charge < -0.3 is 5.32 Å². The van der Waals surface area contributed by atoms with Crippen LogP contribution in [0.25, 0.3) is 0 Å². The molecule has 0 aliphatic heterocycles. The number of likely N-dealkylation sites (N-methyl/N-ethyl adjacent to an activating group) is 1. The van der Waals surface area contributed by atoms with Gasteiger partial charge in [0, 0.05) is 18.1 Å². The molecule has 1 fully saturated rings. The second-order valence-corrected chi connectivity index (χ2v) is 6.83. The van der Waals surface area contributed by atoms with Gasteiger partial charge >= 0.3 is 0 Å². The monoisotopic (exact) mass is 288 g/mol. The minimum absolute atomic E-state index is 0.414. The quantitative estimate of drug-likeness (QED) is 0.773. The Morgan fingerprint density at radius 3 is 2.33 bits per heavy atom. The molecule has 2 heteroatoms. The molecule has 1 aliphatic carbocycles. The van der Waals surface area contributed by atoms with E-state index < -0.39 is 0 Å². The molecule has 1 aromatic carbocycles.